The zero-order chi connectivity index (χ0) is 15.2. The fraction of sp³-hybridized carbons (Fsp3) is 0.625. The van der Waals surface area contributed by atoms with Crippen molar-refractivity contribution in [3.63, 3.8) is 0 Å². The van der Waals surface area contributed by atoms with Crippen LogP contribution in [0.4, 0.5) is 0 Å². The van der Waals surface area contributed by atoms with Crippen molar-refractivity contribution >= 4 is 0 Å². The van der Waals surface area contributed by atoms with Crippen molar-refractivity contribution in [1.82, 2.24) is 10.2 Å². The zero-order valence-electron chi connectivity index (χ0n) is 13.6. The highest BCUT2D eigenvalue weighted by atomic mass is 16.5. The van der Waals surface area contributed by atoms with Gasteiger partial charge in [-0.05, 0) is 40.9 Å². The average Bonchev–Trinajstić information content (AvgIpc) is 2.35. The molecule has 4 nitrogen and oxygen atoms in total. The number of hydrogen-bond donors (Lipinski definition) is 1. The number of rotatable bonds is 7. The Hall–Kier alpha value is -1.26. The maximum atomic E-state index is 5.89. The van der Waals surface area contributed by atoms with E-state index in [1.54, 1.807) is 7.11 Å². The molecule has 0 spiro atoms. The van der Waals surface area contributed by atoms with Gasteiger partial charge in [0.15, 0.2) is 0 Å². The van der Waals surface area contributed by atoms with Gasteiger partial charge in [-0.3, -0.25) is 0 Å². The molecule has 0 heterocycles. The molecule has 0 fully saturated rings. The summed E-state index contributed by atoms with van der Waals surface area (Å²) >= 11 is 0. The van der Waals surface area contributed by atoms with Crippen LogP contribution in [0.1, 0.15) is 26.3 Å². The molecule has 4 heteroatoms. The quantitative estimate of drug-likeness (QED) is 0.832. The first-order valence-electron chi connectivity index (χ1n) is 7.01. The summed E-state index contributed by atoms with van der Waals surface area (Å²) in [5, 5.41) is 3.48. The van der Waals surface area contributed by atoms with E-state index < -0.39 is 0 Å². The van der Waals surface area contributed by atoms with Crippen LogP contribution in [0.15, 0.2) is 18.2 Å². The largest absolute Gasteiger partial charge is 0.497 e. The molecule has 0 atom stereocenters. The second-order valence-corrected chi connectivity index (χ2v) is 6.23. The molecular weight excluding hydrogens is 252 g/mol. The van der Waals surface area contributed by atoms with E-state index in [0.29, 0.717) is 6.61 Å². The van der Waals surface area contributed by atoms with Gasteiger partial charge in [-0.1, -0.05) is 6.07 Å². The maximum absolute atomic E-state index is 5.89. The van der Waals surface area contributed by atoms with Crippen molar-refractivity contribution in [2.24, 2.45) is 0 Å². The minimum atomic E-state index is 0.0842. The zero-order valence-corrected chi connectivity index (χ0v) is 13.6. The number of nitrogens with zero attached hydrogens (tertiary/aromatic N) is 1. The Morgan fingerprint density at radius 1 is 1.20 bits per heavy atom. The smallest absolute Gasteiger partial charge is 0.127 e. The molecule has 0 saturated carbocycles. The minimum Gasteiger partial charge on any atom is -0.497 e. The predicted molar refractivity (Wildman–Crippen MR) is 83.6 cm³/mol. The van der Waals surface area contributed by atoms with E-state index in [1.165, 1.54) is 0 Å². The van der Waals surface area contributed by atoms with Crippen LogP contribution in [0, 0.1) is 0 Å². The van der Waals surface area contributed by atoms with Crippen LogP contribution in [0.2, 0.25) is 0 Å². The Morgan fingerprint density at radius 2 is 1.90 bits per heavy atom. The third-order valence-electron chi connectivity index (χ3n) is 2.88. The second-order valence-electron chi connectivity index (χ2n) is 6.23. The summed E-state index contributed by atoms with van der Waals surface area (Å²) in [7, 11) is 5.75. The van der Waals surface area contributed by atoms with Gasteiger partial charge in [0.2, 0.25) is 0 Å². The second kappa shape index (κ2) is 7.50. The molecule has 0 amide bonds. The predicted octanol–water partition coefficient (Wildman–Crippen LogP) is 2.52. The Balaban J connectivity index is 2.75. The van der Waals surface area contributed by atoms with Crippen molar-refractivity contribution in [1.29, 1.82) is 0 Å². The molecule has 0 aliphatic rings. The van der Waals surface area contributed by atoms with E-state index in [9.17, 15) is 0 Å². The molecule has 0 unspecified atom stereocenters. The average molecular weight is 280 g/mol. The summed E-state index contributed by atoms with van der Waals surface area (Å²) < 4.78 is 11.2. The van der Waals surface area contributed by atoms with Gasteiger partial charge < -0.3 is 19.7 Å². The highest BCUT2D eigenvalue weighted by molar-refractivity contribution is 5.40. The first-order valence-corrected chi connectivity index (χ1v) is 7.01. The summed E-state index contributed by atoms with van der Waals surface area (Å²) in [6.07, 6.45) is 0. The van der Waals surface area contributed by atoms with E-state index in [2.05, 4.69) is 37.1 Å². The molecule has 0 aliphatic heterocycles. The fourth-order valence-electron chi connectivity index (χ4n) is 1.64. The van der Waals surface area contributed by atoms with Crippen molar-refractivity contribution < 1.29 is 9.47 Å². The molecule has 0 aliphatic carbocycles. The van der Waals surface area contributed by atoms with E-state index in [0.717, 1.165) is 30.2 Å². The lowest BCUT2D eigenvalue weighted by atomic mass is 10.1. The van der Waals surface area contributed by atoms with E-state index >= 15 is 0 Å². The van der Waals surface area contributed by atoms with Crippen LogP contribution < -0.4 is 14.8 Å². The van der Waals surface area contributed by atoms with Gasteiger partial charge in [-0.25, -0.2) is 0 Å². The standard InChI is InChI=1S/C16H28N2O2/c1-16(2,3)17-12-13-7-8-14(19-6)11-15(13)20-10-9-18(4)5/h7-8,11,17H,9-10,12H2,1-6H3. The van der Waals surface area contributed by atoms with Crippen LogP contribution in [0.5, 0.6) is 11.5 Å². The molecule has 1 aromatic rings. The number of benzene rings is 1. The van der Waals surface area contributed by atoms with Crippen LogP contribution in [0.3, 0.4) is 0 Å². The molecule has 0 radical (unpaired) electrons. The molecule has 1 aromatic carbocycles. The van der Waals surface area contributed by atoms with Crippen LogP contribution in [-0.2, 0) is 6.54 Å². The monoisotopic (exact) mass is 280 g/mol. The number of likely N-dealkylation sites (N-methyl/N-ethyl adjacent to an activating group) is 1. The Kier molecular flexibility index (Phi) is 6.30. The number of nitrogens with one attached hydrogen (secondary N) is 1. The van der Waals surface area contributed by atoms with Crippen molar-refractivity contribution in [2.45, 2.75) is 32.9 Å². The van der Waals surface area contributed by atoms with Gasteiger partial charge in [0.05, 0.1) is 7.11 Å². The molecular formula is C16H28N2O2. The molecule has 20 heavy (non-hydrogen) atoms. The lowest BCUT2D eigenvalue weighted by molar-refractivity contribution is 0.257. The number of hydrogen-bond acceptors (Lipinski definition) is 4. The first-order chi connectivity index (χ1) is 9.31. The minimum absolute atomic E-state index is 0.0842. The highest BCUT2D eigenvalue weighted by Crippen LogP contribution is 2.25. The van der Waals surface area contributed by atoms with Crippen molar-refractivity contribution in [3.05, 3.63) is 23.8 Å². The molecule has 0 bridgehead atoms. The third-order valence-corrected chi connectivity index (χ3v) is 2.88. The Labute approximate surface area is 123 Å². The summed E-state index contributed by atoms with van der Waals surface area (Å²) in [6.45, 7) is 8.81. The molecule has 0 saturated heterocycles. The van der Waals surface area contributed by atoms with Gasteiger partial charge in [-0.2, -0.15) is 0 Å². The molecule has 0 aromatic heterocycles. The van der Waals surface area contributed by atoms with E-state index in [1.807, 2.05) is 26.2 Å². The van der Waals surface area contributed by atoms with Gasteiger partial charge in [0.25, 0.3) is 0 Å². The SMILES string of the molecule is COc1ccc(CNC(C)(C)C)c(OCCN(C)C)c1. The van der Waals surface area contributed by atoms with Gasteiger partial charge in [0, 0.05) is 30.3 Å². The lowest BCUT2D eigenvalue weighted by Gasteiger charge is -2.22. The van der Waals surface area contributed by atoms with E-state index in [4.69, 9.17) is 9.47 Å². The fourth-order valence-corrected chi connectivity index (χ4v) is 1.64. The topological polar surface area (TPSA) is 33.7 Å². The summed E-state index contributed by atoms with van der Waals surface area (Å²) in [6, 6.07) is 5.98. The highest BCUT2D eigenvalue weighted by Gasteiger charge is 2.12. The van der Waals surface area contributed by atoms with Gasteiger partial charge >= 0.3 is 0 Å². The Morgan fingerprint density at radius 3 is 2.45 bits per heavy atom. The maximum Gasteiger partial charge on any atom is 0.127 e. The van der Waals surface area contributed by atoms with Crippen molar-refractivity contribution in [3.8, 4) is 11.5 Å². The van der Waals surface area contributed by atoms with Crippen LogP contribution >= 0.6 is 0 Å². The number of ether oxygens (including phenoxy) is 2. The van der Waals surface area contributed by atoms with Crippen LogP contribution in [0.25, 0.3) is 0 Å². The first kappa shape index (κ1) is 16.8. The summed E-state index contributed by atoms with van der Waals surface area (Å²) in [5.41, 5.74) is 1.24. The molecule has 1 N–H and O–H groups in total. The van der Waals surface area contributed by atoms with Gasteiger partial charge in [-0.15, -0.1) is 0 Å². The lowest BCUT2D eigenvalue weighted by Crippen LogP contribution is -2.35. The van der Waals surface area contributed by atoms with E-state index in [-0.39, 0.29) is 5.54 Å². The van der Waals surface area contributed by atoms with Crippen molar-refractivity contribution in [2.75, 3.05) is 34.4 Å². The third kappa shape index (κ3) is 6.26. The molecule has 114 valence electrons. The Bertz CT molecular complexity index is 411. The summed E-state index contributed by atoms with van der Waals surface area (Å²) in [4.78, 5) is 2.10. The molecule has 1 rings (SSSR count). The number of methoxy groups -OCH3 is 1. The van der Waals surface area contributed by atoms with Crippen LogP contribution in [-0.4, -0.2) is 44.8 Å². The normalized spacial score (nSPS) is 11.8. The summed E-state index contributed by atoms with van der Waals surface area (Å²) in [5.74, 6) is 1.72. The van der Waals surface area contributed by atoms with Gasteiger partial charge in [0.1, 0.15) is 18.1 Å².